The van der Waals surface area contributed by atoms with E-state index in [-0.39, 0.29) is 11.5 Å². The normalized spacial score (nSPS) is 27.4. The van der Waals surface area contributed by atoms with Gasteiger partial charge in [-0.05, 0) is 59.7 Å². The maximum atomic E-state index is 10.7. The Morgan fingerprint density at radius 2 is 2.15 bits per heavy atom. The van der Waals surface area contributed by atoms with Crippen LogP contribution in [0, 0.1) is 5.92 Å². The summed E-state index contributed by atoms with van der Waals surface area (Å²) in [6.45, 7) is 2.23. The van der Waals surface area contributed by atoms with Crippen molar-refractivity contribution < 1.29 is 14.6 Å². The summed E-state index contributed by atoms with van der Waals surface area (Å²) in [5.74, 6) is 0.202. The lowest BCUT2D eigenvalue weighted by molar-refractivity contribution is -0.159. The lowest BCUT2D eigenvalue weighted by atomic mass is 9.78. The molecule has 0 aromatic carbocycles. The zero-order valence-electron chi connectivity index (χ0n) is 11.4. The van der Waals surface area contributed by atoms with Crippen molar-refractivity contribution in [2.24, 2.45) is 5.92 Å². The second kappa shape index (κ2) is 6.10. The standard InChI is InChI=1S/C15H20BrNO3/c16-12-2-1-6-17-13(12)14(18)11-3-7-20-15(10-11)4-8-19-9-5-15/h1-2,6,11,14,18H,3-5,7-10H2. The number of nitrogens with zero attached hydrogens (tertiary/aromatic N) is 1. The molecule has 2 atom stereocenters. The zero-order valence-corrected chi connectivity index (χ0v) is 13.0. The molecule has 4 nitrogen and oxygen atoms in total. The highest BCUT2D eigenvalue weighted by Gasteiger charge is 2.41. The van der Waals surface area contributed by atoms with Gasteiger partial charge < -0.3 is 14.6 Å². The van der Waals surface area contributed by atoms with Gasteiger partial charge in [-0.25, -0.2) is 0 Å². The van der Waals surface area contributed by atoms with Crippen LogP contribution in [0.15, 0.2) is 22.8 Å². The molecule has 0 amide bonds. The molecule has 0 radical (unpaired) electrons. The van der Waals surface area contributed by atoms with Gasteiger partial charge in [0.15, 0.2) is 0 Å². The predicted molar refractivity (Wildman–Crippen MR) is 78.4 cm³/mol. The third-order valence-electron chi connectivity index (χ3n) is 4.45. The molecule has 5 heteroatoms. The van der Waals surface area contributed by atoms with Crippen LogP contribution in [-0.2, 0) is 9.47 Å². The van der Waals surface area contributed by atoms with Gasteiger partial charge in [0.05, 0.1) is 11.3 Å². The van der Waals surface area contributed by atoms with E-state index in [1.807, 2.05) is 12.1 Å². The molecule has 110 valence electrons. The number of aliphatic hydroxyl groups is 1. The van der Waals surface area contributed by atoms with Crippen LogP contribution in [0.25, 0.3) is 0 Å². The van der Waals surface area contributed by atoms with Crippen LogP contribution < -0.4 is 0 Å². The summed E-state index contributed by atoms with van der Waals surface area (Å²) >= 11 is 3.48. The summed E-state index contributed by atoms with van der Waals surface area (Å²) < 4.78 is 12.3. The second-order valence-corrected chi connectivity index (χ2v) is 6.57. The first-order valence-electron chi connectivity index (χ1n) is 7.20. The summed E-state index contributed by atoms with van der Waals surface area (Å²) in [6, 6.07) is 3.79. The van der Waals surface area contributed by atoms with Crippen molar-refractivity contribution in [3.05, 3.63) is 28.5 Å². The highest BCUT2D eigenvalue weighted by atomic mass is 79.9. The summed E-state index contributed by atoms with van der Waals surface area (Å²) in [7, 11) is 0. The molecule has 2 fully saturated rings. The molecule has 1 aromatic rings. The van der Waals surface area contributed by atoms with Crippen LogP contribution in [0.3, 0.4) is 0 Å². The third-order valence-corrected chi connectivity index (χ3v) is 5.12. The molecule has 1 spiro atoms. The van der Waals surface area contributed by atoms with Crippen LogP contribution in [0.2, 0.25) is 0 Å². The molecule has 1 N–H and O–H groups in total. The smallest absolute Gasteiger partial charge is 0.100 e. The monoisotopic (exact) mass is 341 g/mol. The maximum Gasteiger partial charge on any atom is 0.100 e. The number of hydrogen-bond acceptors (Lipinski definition) is 4. The van der Waals surface area contributed by atoms with Gasteiger partial charge in [-0.2, -0.15) is 0 Å². The Bertz CT molecular complexity index is 457. The number of halogens is 1. The fraction of sp³-hybridized carbons (Fsp3) is 0.667. The van der Waals surface area contributed by atoms with Crippen LogP contribution in [-0.4, -0.2) is 35.5 Å². The van der Waals surface area contributed by atoms with E-state index in [1.165, 1.54) is 0 Å². The Balaban J connectivity index is 1.75. The van der Waals surface area contributed by atoms with Crippen molar-refractivity contribution in [1.82, 2.24) is 4.98 Å². The quantitative estimate of drug-likeness (QED) is 0.898. The van der Waals surface area contributed by atoms with Crippen LogP contribution in [0.1, 0.15) is 37.5 Å². The fourth-order valence-corrected chi connectivity index (χ4v) is 3.76. The molecule has 3 heterocycles. The Morgan fingerprint density at radius 3 is 2.90 bits per heavy atom. The third kappa shape index (κ3) is 2.91. The van der Waals surface area contributed by atoms with Gasteiger partial charge in [-0.3, -0.25) is 4.98 Å². The molecule has 0 saturated carbocycles. The minimum absolute atomic E-state index is 0.0938. The van der Waals surface area contributed by atoms with E-state index in [1.54, 1.807) is 6.20 Å². The second-order valence-electron chi connectivity index (χ2n) is 5.71. The lowest BCUT2D eigenvalue weighted by Gasteiger charge is -2.44. The lowest BCUT2D eigenvalue weighted by Crippen LogP contribution is -2.45. The SMILES string of the molecule is OC(c1ncccc1Br)C1CCOC2(CCOCC2)C1. The molecule has 1 aromatic heterocycles. The molecule has 3 rings (SSSR count). The first kappa shape index (κ1) is 14.4. The number of pyridine rings is 1. The molecule has 0 aliphatic carbocycles. The summed E-state index contributed by atoms with van der Waals surface area (Å²) in [5.41, 5.74) is 0.644. The molecule has 20 heavy (non-hydrogen) atoms. The largest absolute Gasteiger partial charge is 0.386 e. The fourth-order valence-electron chi connectivity index (χ4n) is 3.27. The van der Waals surface area contributed by atoms with Gasteiger partial charge in [0.1, 0.15) is 6.10 Å². The van der Waals surface area contributed by atoms with Crippen molar-refractivity contribution in [3.8, 4) is 0 Å². The van der Waals surface area contributed by atoms with Gasteiger partial charge in [-0.1, -0.05) is 0 Å². The van der Waals surface area contributed by atoms with Gasteiger partial charge in [0.2, 0.25) is 0 Å². The van der Waals surface area contributed by atoms with Crippen molar-refractivity contribution in [1.29, 1.82) is 0 Å². The minimum Gasteiger partial charge on any atom is -0.386 e. The topological polar surface area (TPSA) is 51.6 Å². The molecular formula is C15H20BrNO3. The van der Waals surface area contributed by atoms with E-state index in [9.17, 15) is 5.11 Å². The van der Waals surface area contributed by atoms with Gasteiger partial charge in [0.25, 0.3) is 0 Å². The van der Waals surface area contributed by atoms with Crippen LogP contribution in [0.4, 0.5) is 0 Å². The predicted octanol–water partition coefficient (Wildman–Crippen LogP) is 2.85. The molecule has 2 unspecified atom stereocenters. The number of rotatable bonds is 2. The Hall–Kier alpha value is -0.490. The Labute approximate surface area is 127 Å². The molecular weight excluding hydrogens is 322 g/mol. The van der Waals surface area contributed by atoms with E-state index in [2.05, 4.69) is 20.9 Å². The number of ether oxygens (including phenoxy) is 2. The van der Waals surface area contributed by atoms with Crippen molar-refractivity contribution in [3.63, 3.8) is 0 Å². The van der Waals surface area contributed by atoms with Gasteiger partial charge in [-0.15, -0.1) is 0 Å². The maximum absolute atomic E-state index is 10.7. The molecule has 2 aliphatic heterocycles. The summed E-state index contributed by atoms with van der Waals surface area (Å²) in [5, 5.41) is 10.7. The number of hydrogen-bond donors (Lipinski definition) is 1. The average molecular weight is 342 g/mol. The van der Waals surface area contributed by atoms with Crippen molar-refractivity contribution in [2.75, 3.05) is 19.8 Å². The van der Waals surface area contributed by atoms with Crippen molar-refractivity contribution >= 4 is 15.9 Å². The highest BCUT2D eigenvalue weighted by molar-refractivity contribution is 9.10. The van der Waals surface area contributed by atoms with Crippen molar-refractivity contribution in [2.45, 2.75) is 37.4 Å². The van der Waals surface area contributed by atoms with E-state index in [0.717, 1.165) is 49.1 Å². The van der Waals surface area contributed by atoms with E-state index >= 15 is 0 Å². The Morgan fingerprint density at radius 1 is 1.35 bits per heavy atom. The van der Waals surface area contributed by atoms with E-state index < -0.39 is 6.10 Å². The first-order valence-corrected chi connectivity index (χ1v) is 8.00. The van der Waals surface area contributed by atoms with Crippen LogP contribution >= 0.6 is 15.9 Å². The highest BCUT2D eigenvalue weighted by Crippen LogP contribution is 2.42. The summed E-state index contributed by atoms with van der Waals surface area (Å²) in [4.78, 5) is 4.32. The number of aromatic nitrogens is 1. The Kier molecular flexibility index (Phi) is 4.40. The first-order chi connectivity index (χ1) is 9.70. The summed E-state index contributed by atoms with van der Waals surface area (Å²) in [6.07, 6.45) is 4.83. The van der Waals surface area contributed by atoms with E-state index in [4.69, 9.17) is 9.47 Å². The number of aliphatic hydroxyl groups excluding tert-OH is 1. The molecule has 0 bridgehead atoms. The van der Waals surface area contributed by atoms with Gasteiger partial charge in [0, 0.05) is 30.5 Å². The van der Waals surface area contributed by atoms with Crippen LogP contribution in [0.5, 0.6) is 0 Å². The minimum atomic E-state index is -0.533. The average Bonchev–Trinajstić information content (AvgIpc) is 2.48. The zero-order chi connectivity index (χ0) is 14.0. The van der Waals surface area contributed by atoms with E-state index in [0.29, 0.717) is 6.61 Å². The molecule has 2 saturated heterocycles. The molecule has 2 aliphatic rings. The van der Waals surface area contributed by atoms with Gasteiger partial charge >= 0.3 is 0 Å².